The molecule has 1 heterocycles. The van der Waals surface area contributed by atoms with Crippen molar-refractivity contribution >= 4 is 66.8 Å². The van der Waals surface area contributed by atoms with Crippen LogP contribution in [0.15, 0.2) is 50.2 Å². The van der Waals surface area contributed by atoms with Crippen LogP contribution in [0, 0.1) is 6.92 Å². The van der Waals surface area contributed by atoms with Gasteiger partial charge in [-0.1, -0.05) is 28.1 Å². The zero-order valence-electron chi connectivity index (χ0n) is 16.3. The number of aryl methyl sites for hydroxylation is 1. The molecule has 7 nitrogen and oxygen atoms in total. The minimum absolute atomic E-state index is 0.112. The van der Waals surface area contributed by atoms with Gasteiger partial charge in [-0.3, -0.25) is 14.5 Å². The fourth-order valence-corrected chi connectivity index (χ4v) is 5.00. The molecule has 0 aromatic heterocycles. The van der Waals surface area contributed by atoms with Crippen molar-refractivity contribution in [2.75, 3.05) is 19.8 Å². The van der Waals surface area contributed by atoms with Crippen LogP contribution in [-0.4, -0.2) is 46.9 Å². The van der Waals surface area contributed by atoms with E-state index in [2.05, 4.69) is 31.9 Å². The molecule has 1 saturated heterocycles. The number of carbonyl (C=O) groups is 3. The lowest BCUT2D eigenvalue weighted by molar-refractivity contribution is -0.139. The first-order valence-corrected chi connectivity index (χ1v) is 11.4. The summed E-state index contributed by atoms with van der Waals surface area (Å²) in [6.45, 7) is 1.69. The summed E-state index contributed by atoms with van der Waals surface area (Å²) in [5.41, 5.74) is 1.51. The highest BCUT2D eigenvalue weighted by Gasteiger charge is 2.35. The van der Waals surface area contributed by atoms with Crippen molar-refractivity contribution in [1.82, 2.24) is 4.90 Å². The molecule has 0 atom stereocenters. The monoisotopic (exact) mass is 569 g/mol. The van der Waals surface area contributed by atoms with Gasteiger partial charge in [0.2, 0.25) is 0 Å². The Labute approximate surface area is 199 Å². The zero-order chi connectivity index (χ0) is 22.5. The summed E-state index contributed by atoms with van der Waals surface area (Å²) in [5.74, 6) is -0.639. The largest absolute Gasteiger partial charge is 0.492 e. The number of imide groups is 1. The molecule has 2 aromatic carbocycles. The number of carboxylic acid groups (broad SMARTS) is 1. The highest BCUT2D eigenvalue weighted by molar-refractivity contribution is 9.11. The molecule has 1 fully saturated rings. The van der Waals surface area contributed by atoms with Gasteiger partial charge in [-0.2, -0.15) is 0 Å². The van der Waals surface area contributed by atoms with Gasteiger partial charge in [0.05, 0.1) is 15.9 Å². The number of carbonyl (C=O) groups excluding carboxylic acids is 2. The summed E-state index contributed by atoms with van der Waals surface area (Å²) in [7, 11) is 0. The van der Waals surface area contributed by atoms with E-state index in [0.29, 0.717) is 20.3 Å². The lowest BCUT2D eigenvalue weighted by Crippen LogP contribution is -2.32. The predicted molar refractivity (Wildman–Crippen MR) is 124 cm³/mol. The van der Waals surface area contributed by atoms with Crippen LogP contribution in [0.3, 0.4) is 0 Å². The predicted octanol–water partition coefficient (Wildman–Crippen LogP) is 5.10. The van der Waals surface area contributed by atoms with E-state index >= 15 is 0 Å². The van der Waals surface area contributed by atoms with Gasteiger partial charge < -0.3 is 14.6 Å². The maximum absolute atomic E-state index is 12.8. The Morgan fingerprint density at radius 1 is 1.19 bits per heavy atom. The maximum atomic E-state index is 12.8. The first kappa shape index (κ1) is 23.4. The number of halogens is 2. The summed E-state index contributed by atoms with van der Waals surface area (Å²) in [4.78, 5) is 37.3. The van der Waals surface area contributed by atoms with E-state index in [9.17, 15) is 14.4 Å². The smallest absolute Gasteiger partial charge is 0.341 e. The highest BCUT2D eigenvalue weighted by atomic mass is 79.9. The number of amides is 2. The lowest BCUT2D eigenvalue weighted by Gasteiger charge is -2.13. The molecule has 0 bridgehead atoms. The van der Waals surface area contributed by atoms with Gasteiger partial charge in [-0.15, -0.1) is 0 Å². The van der Waals surface area contributed by atoms with E-state index in [1.165, 1.54) is 6.08 Å². The molecule has 162 valence electrons. The Balaban J connectivity index is 1.74. The Morgan fingerprint density at radius 2 is 1.97 bits per heavy atom. The third-order valence-electron chi connectivity index (χ3n) is 4.11. The van der Waals surface area contributed by atoms with Crippen LogP contribution in [0.2, 0.25) is 0 Å². The molecule has 31 heavy (non-hydrogen) atoms. The minimum Gasteiger partial charge on any atom is -0.492 e. The Kier molecular flexibility index (Phi) is 7.79. The third-order valence-corrected chi connectivity index (χ3v) is 6.06. The molecule has 0 saturated carbocycles. The molecule has 2 amide bonds. The number of aliphatic carboxylic acids is 1. The third kappa shape index (κ3) is 6.11. The van der Waals surface area contributed by atoms with E-state index in [0.717, 1.165) is 22.2 Å². The lowest BCUT2D eigenvalue weighted by atomic mass is 10.2. The number of benzene rings is 2. The molecule has 10 heteroatoms. The molecule has 1 N–H and O–H groups in total. The summed E-state index contributed by atoms with van der Waals surface area (Å²) in [5, 5.41) is 8.50. The summed E-state index contributed by atoms with van der Waals surface area (Å²) >= 11 is 7.51. The normalized spacial score (nSPS) is 14.9. The average molecular weight is 571 g/mol. The van der Waals surface area contributed by atoms with Crippen molar-refractivity contribution in [3.05, 3.63) is 61.4 Å². The quantitative estimate of drug-likeness (QED) is 0.441. The van der Waals surface area contributed by atoms with Crippen LogP contribution in [0.1, 0.15) is 11.1 Å². The number of hydrogen-bond acceptors (Lipinski definition) is 6. The second-order valence-corrected chi connectivity index (χ2v) is 9.25. The number of thioether (sulfide) groups is 1. The van der Waals surface area contributed by atoms with E-state index in [1.807, 2.05) is 31.2 Å². The number of hydrogen-bond donors (Lipinski definition) is 1. The van der Waals surface area contributed by atoms with Gasteiger partial charge in [0.25, 0.3) is 11.1 Å². The summed E-state index contributed by atoms with van der Waals surface area (Å²) in [6, 6.07) is 10.9. The molecular weight excluding hydrogens is 554 g/mol. The van der Waals surface area contributed by atoms with Crippen molar-refractivity contribution in [3.63, 3.8) is 0 Å². The highest BCUT2D eigenvalue weighted by Crippen LogP contribution is 2.38. The van der Waals surface area contributed by atoms with Crippen LogP contribution in [0.25, 0.3) is 6.08 Å². The first-order valence-electron chi connectivity index (χ1n) is 9.03. The van der Waals surface area contributed by atoms with Crippen molar-refractivity contribution in [2.24, 2.45) is 0 Å². The molecule has 1 aliphatic heterocycles. The number of rotatable bonds is 8. The van der Waals surface area contributed by atoms with Crippen molar-refractivity contribution < 1.29 is 29.0 Å². The molecule has 0 spiro atoms. The SMILES string of the molecule is Cc1cccc(OCCN2C(=O)S/C(=C\c3cc(Br)cc(Br)c3OCC(=O)O)C2=O)c1. The molecule has 0 aliphatic carbocycles. The fourth-order valence-electron chi connectivity index (χ4n) is 2.77. The average Bonchev–Trinajstić information content (AvgIpc) is 2.94. The molecule has 1 aliphatic rings. The number of nitrogens with zero attached hydrogens (tertiary/aromatic N) is 1. The molecule has 3 rings (SSSR count). The summed E-state index contributed by atoms with van der Waals surface area (Å²) in [6.07, 6.45) is 1.51. The molecular formula is C21H17Br2NO6S. The minimum atomic E-state index is -1.13. The number of ether oxygens (including phenoxy) is 2. The zero-order valence-corrected chi connectivity index (χ0v) is 20.3. The van der Waals surface area contributed by atoms with Gasteiger partial charge in [0.1, 0.15) is 18.1 Å². The van der Waals surface area contributed by atoms with Crippen LogP contribution in [0.4, 0.5) is 4.79 Å². The van der Waals surface area contributed by atoms with Gasteiger partial charge in [-0.25, -0.2) is 4.79 Å². The van der Waals surface area contributed by atoms with Gasteiger partial charge >= 0.3 is 5.97 Å². The van der Waals surface area contributed by atoms with E-state index in [4.69, 9.17) is 14.6 Å². The second kappa shape index (κ2) is 10.3. The first-order chi connectivity index (χ1) is 14.7. The fraction of sp³-hybridized carbons (Fsp3) is 0.190. The van der Waals surface area contributed by atoms with E-state index < -0.39 is 23.7 Å². The number of carboxylic acids is 1. The van der Waals surface area contributed by atoms with Gasteiger partial charge in [0, 0.05) is 10.0 Å². The maximum Gasteiger partial charge on any atom is 0.341 e. The molecule has 0 radical (unpaired) electrons. The van der Waals surface area contributed by atoms with Crippen molar-refractivity contribution in [2.45, 2.75) is 6.92 Å². The second-order valence-electron chi connectivity index (χ2n) is 6.49. The van der Waals surface area contributed by atoms with Crippen LogP contribution >= 0.6 is 43.6 Å². The molecule has 2 aromatic rings. The van der Waals surface area contributed by atoms with Crippen LogP contribution in [-0.2, 0) is 9.59 Å². The van der Waals surface area contributed by atoms with Crippen LogP contribution < -0.4 is 9.47 Å². The molecule has 0 unspecified atom stereocenters. The van der Waals surface area contributed by atoms with Crippen molar-refractivity contribution in [1.29, 1.82) is 0 Å². The van der Waals surface area contributed by atoms with Crippen LogP contribution in [0.5, 0.6) is 11.5 Å². The van der Waals surface area contributed by atoms with E-state index in [-0.39, 0.29) is 23.8 Å². The van der Waals surface area contributed by atoms with Gasteiger partial charge in [-0.05, 0) is 70.5 Å². The van der Waals surface area contributed by atoms with E-state index in [1.54, 1.807) is 12.1 Å². The van der Waals surface area contributed by atoms with Crippen molar-refractivity contribution in [3.8, 4) is 11.5 Å². The Hall–Kier alpha value is -2.30. The topological polar surface area (TPSA) is 93.1 Å². The Morgan fingerprint density at radius 3 is 2.68 bits per heavy atom. The summed E-state index contributed by atoms with van der Waals surface area (Å²) < 4.78 is 12.2. The standard InChI is InChI=1S/C21H17Br2NO6S/c1-12-3-2-4-15(7-12)29-6-5-24-20(27)17(31-21(24)28)9-13-8-14(22)10-16(23)19(13)30-11-18(25)26/h2-4,7-10H,5-6,11H2,1H3,(H,25,26)/b17-9-. The Bertz CT molecular complexity index is 1070. The van der Waals surface area contributed by atoms with Gasteiger partial charge in [0.15, 0.2) is 6.61 Å².